The van der Waals surface area contributed by atoms with Crippen LogP contribution < -0.4 is 0 Å². The molecular weight excluding hydrogens is 552 g/mol. The summed E-state index contributed by atoms with van der Waals surface area (Å²) in [4.78, 5) is 34.2. The third-order valence-corrected chi connectivity index (χ3v) is 7.33. The lowest BCUT2D eigenvalue weighted by atomic mass is 9.93. The predicted octanol–water partition coefficient (Wildman–Crippen LogP) is 5.89. The van der Waals surface area contributed by atoms with Gasteiger partial charge < -0.3 is 14.5 Å². The van der Waals surface area contributed by atoms with Crippen LogP contribution >= 0.6 is 0 Å². The zero-order valence-electron chi connectivity index (χ0n) is 21.6. The van der Waals surface area contributed by atoms with Crippen molar-refractivity contribution in [3.63, 3.8) is 0 Å². The molecule has 1 aromatic heterocycles. The Hall–Kier alpha value is -3.93. The largest absolute Gasteiger partial charge is 0.416 e. The van der Waals surface area contributed by atoms with Crippen LogP contribution in [0.5, 0.6) is 0 Å². The maximum absolute atomic E-state index is 13.6. The van der Waals surface area contributed by atoms with Gasteiger partial charge >= 0.3 is 12.4 Å². The third kappa shape index (κ3) is 6.22. The number of rotatable bonds is 4. The topological polar surface area (TPSA) is 62.7 Å². The average Bonchev–Trinajstić information content (AvgIpc) is 3.46. The number of nitrogens with zero attached hydrogens (tertiary/aromatic N) is 3. The number of carbonyl (C=O) groups excluding carboxylic acids is 2. The van der Waals surface area contributed by atoms with Crippen LogP contribution in [0, 0.1) is 0 Å². The second-order valence-electron chi connectivity index (χ2n) is 9.98. The van der Waals surface area contributed by atoms with Crippen molar-refractivity contribution in [2.24, 2.45) is 0 Å². The Morgan fingerprint density at radius 3 is 2.12 bits per heavy atom. The smallest absolute Gasteiger partial charge is 0.378 e. The lowest BCUT2D eigenvalue weighted by Crippen LogP contribution is -2.41. The Labute approximate surface area is 231 Å². The molecule has 2 aromatic carbocycles. The highest BCUT2D eigenvalue weighted by Crippen LogP contribution is 2.40. The molecule has 2 fully saturated rings. The molecule has 0 spiro atoms. The highest BCUT2D eigenvalue weighted by molar-refractivity contribution is 6.04. The number of aromatic nitrogens is 1. The van der Waals surface area contributed by atoms with Crippen LogP contribution in [-0.4, -0.2) is 66.0 Å². The zero-order chi connectivity index (χ0) is 29.4. The standard InChI is InChI=1S/C29H25F6N3O3/c30-28(31,32)22-12-21(13-23(15-22)29(33,34)35)24-4-3-18(14-25(24)27(40)37-8-10-41-11-9-37)26(39)38-7-5-20(17-38)19-2-1-6-36-16-19/h1-4,6,12-16,20H,5,7-11,17H2. The number of amides is 2. The molecule has 0 N–H and O–H groups in total. The Kier molecular flexibility index (Phi) is 7.78. The SMILES string of the molecule is O=C(c1ccc(-c2cc(C(F)(F)F)cc(C(F)(F)F)c2)c(C(=O)N2CCOCC2)c1)N1CCC(c2cccnc2)C1. The minimum atomic E-state index is -5.05. The molecule has 3 aromatic rings. The first kappa shape index (κ1) is 28.6. The summed E-state index contributed by atoms with van der Waals surface area (Å²) in [6.07, 6.45) is -6.03. The van der Waals surface area contributed by atoms with E-state index in [0.717, 1.165) is 5.56 Å². The Morgan fingerprint density at radius 1 is 0.829 bits per heavy atom. The molecule has 41 heavy (non-hydrogen) atoms. The Balaban J connectivity index is 1.55. The van der Waals surface area contributed by atoms with Gasteiger partial charge in [-0.25, -0.2) is 0 Å². The van der Waals surface area contributed by atoms with E-state index >= 15 is 0 Å². The van der Waals surface area contributed by atoms with Crippen LogP contribution in [0.15, 0.2) is 60.9 Å². The summed E-state index contributed by atoms with van der Waals surface area (Å²) in [7, 11) is 0. The van der Waals surface area contributed by atoms with Crippen LogP contribution in [0.1, 0.15) is 49.7 Å². The molecule has 216 valence electrons. The van der Waals surface area contributed by atoms with Gasteiger partial charge in [-0.05, 0) is 59.5 Å². The van der Waals surface area contributed by atoms with Crippen molar-refractivity contribution in [3.05, 3.63) is 88.7 Å². The van der Waals surface area contributed by atoms with Gasteiger partial charge in [0.2, 0.25) is 0 Å². The number of hydrogen-bond donors (Lipinski definition) is 0. The molecule has 5 rings (SSSR count). The van der Waals surface area contributed by atoms with Crippen LogP contribution in [0.25, 0.3) is 11.1 Å². The van der Waals surface area contributed by atoms with Gasteiger partial charge in [-0.2, -0.15) is 26.3 Å². The molecular formula is C29H25F6N3O3. The van der Waals surface area contributed by atoms with Gasteiger partial charge in [0, 0.05) is 55.6 Å². The average molecular weight is 578 g/mol. The molecule has 6 nitrogen and oxygen atoms in total. The van der Waals surface area contributed by atoms with Crippen molar-refractivity contribution in [2.45, 2.75) is 24.7 Å². The number of morpholine rings is 1. The van der Waals surface area contributed by atoms with E-state index in [1.807, 2.05) is 6.07 Å². The number of alkyl halides is 6. The summed E-state index contributed by atoms with van der Waals surface area (Å²) in [6.45, 7) is 1.67. The van der Waals surface area contributed by atoms with E-state index in [4.69, 9.17) is 4.74 Å². The molecule has 0 bridgehead atoms. The molecule has 1 unspecified atom stereocenters. The van der Waals surface area contributed by atoms with Gasteiger partial charge in [-0.3, -0.25) is 14.6 Å². The number of halogens is 6. The predicted molar refractivity (Wildman–Crippen MR) is 136 cm³/mol. The molecule has 1 atom stereocenters. The van der Waals surface area contributed by atoms with Crippen LogP contribution in [0.2, 0.25) is 0 Å². The molecule has 2 saturated heterocycles. The fourth-order valence-corrected chi connectivity index (χ4v) is 5.17. The van der Waals surface area contributed by atoms with E-state index in [0.29, 0.717) is 31.6 Å². The van der Waals surface area contributed by atoms with Crippen molar-refractivity contribution in [1.29, 1.82) is 0 Å². The lowest BCUT2D eigenvalue weighted by Gasteiger charge is -2.28. The van der Waals surface area contributed by atoms with Gasteiger partial charge in [0.1, 0.15) is 0 Å². The van der Waals surface area contributed by atoms with Crippen molar-refractivity contribution < 1.29 is 40.7 Å². The highest BCUT2D eigenvalue weighted by atomic mass is 19.4. The molecule has 2 aliphatic heterocycles. The molecule has 3 heterocycles. The number of benzene rings is 2. The molecule has 2 amide bonds. The lowest BCUT2D eigenvalue weighted by molar-refractivity contribution is -0.143. The summed E-state index contributed by atoms with van der Waals surface area (Å²) in [5.41, 5.74) is -2.62. The van der Waals surface area contributed by atoms with E-state index in [1.54, 1.807) is 23.4 Å². The normalized spacial score (nSPS) is 18.0. The van der Waals surface area contributed by atoms with Crippen molar-refractivity contribution in [2.75, 3.05) is 39.4 Å². The quantitative estimate of drug-likeness (QED) is 0.363. The molecule has 2 aliphatic rings. The van der Waals surface area contributed by atoms with Gasteiger partial charge in [-0.15, -0.1) is 0 Å². The summed E-state index contributed by atoms with van der Waals surface area (Å²) < 4.78 is 86.8. The van der Waals surface area contributed by atoms with Crippen molar-refractivity contribution in [3.8, 4) is 11.1 Å². The minimum Gasteiger partial charge on any atom is -0.378 e. The van der Waals surface area contributed by atoms with E-state index in [9.17, 15) is 35.9 Å². The minimum absolute atomic E-state index is 0.0386. The number of pyridine rings is 1. The fraction of sp³-hybridized carbons (Fsp3) is 0.345. The Morgan fingerprint density at radius 2 is 1.51 bits per heavy atom. The Bertz CT molecular complexity index is 1400. The molecule has 0 saturated carbocycles. The number of likely N-dealkylation sites (tertiary alicyclic amines) is 1. The van der Waals surface area contributed by atoms with E-state index in [1.165, 1.54) is 23.1 Å². The zero-order valence-corrected chi connectivity index (χ0v) is 21.6. The first-order chi connectivity index (χ1) is 19.4. The highest BCUT2D eigenvalue weighted by Gasteiger charge is 2.38. The van der Waals surface area contributed by atoms with Crippen LogP contribution in [0.3, 0.4) is 0 Å². The van der Waals surface area contributed by atoms with E-state index in [-0.39, 0.29) is 60.9 Å². The van der Waals surface area contributed by atoms with Crippen molar-refractivity contribution in [1.82, 2.24) is 14.8 Å². The molecule has 0 aliphatic carbocycles. The summed E-state index contributed by atoms with van der Waals surface area (Å²) in [6, 6.07) is 8.77. The first-order valence-electron chi connectivity index (χ1n) is 12.9. The van der Waals surface area contributed by atoms with Gasteiger partial charge in [0.05, 0.1) is 24.3 Å². The molecule has 0 radical (unpaired) electrons. The monoisotopic (exact) mass is 577 g/mol. The van der Waals surface area contributed by atoms with Crippen LogP contribution in [-0.2, 0) is 17.1 Å². The summed E-state index contributed by atoms with van der Waals surface area (Å²) >= 11 is 0. The third-order valence-electron chi connectivity index (χ3n) is 7.33. The van der Waals surface area contributed by atoms with Crippen LogP contribution in [0.4, 0.5) is 26.3 Å². The summed E-state index contributed by atoms with van der Waals surface area (Å²) in [5, 5.41) is 0. The van der Waals surface area contributed by atoms with E-state index < -0.39 is 35.0 Å². The summed E-state index contributed by atoms with van der Waals surface area (Å²) in [5.74, 6) is -0.940. The van der Waals surface area contributed by atoms with Gasteiger partial charge in [-0.1, -0.05) is 12.1 Å². The number of carbonyl (C=O) groups is 2. The second kappa shape index (κ2) is 11.2. The maximum atomic E-state index is 13.6. The molecule has 12 heteroatoms. The first-order valence-corrected chi connectivity index (χ1v) is 12.9. The van der Waals surface area contributed by atoms with Gasteiger partial charge in [0.25, 0.3) is 11.8 Å². The van der Waals surface area contributed by atoms with E-state index in [2.05, 4.69) is 4.98 Å². The number of hydrogen-bond acceptors (Lipinski definition) is 4. The number of ether oxygens (including phenoxy) is 1. The van der Waals surface area contributed by atoms with Crippen molar-refractivity contribution >= 4 is 11.8 Å². The fourth-order valence-electron chi connectivity index (χ4n) is 5.17. The second-order valence-corrected chi connectivity index (χ2v) is 9.98. The van der Waals surface area contributed by atoms with Gasteiger partial charge in [0.15, 0.2) is 0 Å². The maximum Gasteiger partial charge on any atom is 0.416 e.